The second-order valence-corrected chi connectivity index (χ2v) is 2.94. The molecule has 0 saturated heterocycles. The zero-order valence-electron chi connectivity index (χ0n) is 8.37. The molecule has 1 heterocycles. The highest BCUT2D eigenvalue weighted by Gasteiger charge is 2.39. The lowest BCUT2D eigenvalue weighted by Crippen LogP contribution is -2.31. The molecule has 0 aliphatic rings. The summed E-state index contributed by atoms with van der Waals surface area (Å²) in [5.74, 6) is -4.49. The van der Waals surface area contributed by atoms with Gasteiger partial charge in [0.1, 0.15) is 11.4 Å². The molecule has 1 aromatic heterocycles. The standard InChI is InChI=1S/C8H6F3N3O3/c1-3-12-2-4(6(15)16)5(13-3)14-7(17)8(9,10)11/h2H,1H3,(H,15,16)(H,12,13,14,17). The fraction of sp³-hybridized carbons (Fsp3) is 0.250. The number of hydrogen-bond acceptors (Lipinski definition) is 4. The van der Waals surface area contributed by atoms with Crippen LogP contribution in [0, 0.1) is 6.92 Å². The number of carboxylic acids is 1. The molecule has 0 fully saturated rings. The van der Waals surface area contributed by atoms with Gasteiger partial charge in [0, 0.05) is 6.20 Å². The van der Waals surface area contributed by atoms with Gasteiger partial charge < -0.3 is 10.4 Å². The number of aromatic carboxylic acids is 1. The van der Waals surface area contributed by atoms with Gasteiger partial charge in [-0.3, -0.25) is 4.79 Å². The van der Waals surface area contributed by atoms with Gasteiger partial charge in [-0.2, -0.15) is 13.2 Å². The second kappa shape index (κ2) is 4.36. The maximum Gasteiger partial charge on any atom is 0.471 e. The molecular weight excluding hydrogens is 243 g/mol. The zero-order chi connectivity index (χ0) is 13.2. The molecule has 0 aliphatic carbocycles. The summed E-state index contributed by atoms with van der Waals surface area (Å²) in [6.07, 6.45) is -4.30. The van der Waals surface area contributed by atoms with Crippen molar-refractivity contribution in [3.8, 4) is 0 Å². The molecule has 92 valence electrons. The number of alkyl halides is 3. The third kappa shape index (κ3) is 3.13. The van der Waals surface area contributed by atoms with Gasteiger partial charge in [-0.1, -0.05) is 0 Å². The van der Waals surface area contributed by atoms with E-state index in [4.69, 9.17) is 5.11 Å². The Bertz CT molecular complexity index is 473. The van der Waals surface area contributed by atoms with Crippen molar-refractivity contribution in [3.63, 3.8) is 0 Å². The Morgan fingerprint density at radius 2 is 2.00 bits per heavy atom. The molecule has 1 amide bonds. The van der Waals surface area contributed by atoms with E-state index >= 15 is 0 Å². The van der Waals surface area contributed by atoms with Crippen LogP contribution in [0.1, 0.15) is 16.2 Å². The molecule has 9 heteroatoms. The zero-order valence-corrected chi connectivity index (χ0v) is 8.37. The van der Waals surface area contributed by atoms with Crippen molar-refractivity contribution in [3.05, 3.63) is 17.6 Å². The minimum Gasteiger partial charge on any atom is -0.477 e. The summed E-state index contributed by atoms with van der Waals surface area (Å²) >= 11 is 0. The van der Waals surface area contributed by atoms with Gasteiger partial charge in [-0.25, -0.2) is 14.8 Å². The van der Waals surface area contributed by atoms with E-state index in [2.05, 4.69) is 9.97 Å². The topological polar surface area (TPSA) is 92.2 Å². The molecule has 0 aliphatic heterocycles. The number of aromatic nitrogens is 2. The van der Waals surface area contributed by atoms with Crippen LogP contribution in [0.25, 0.3) is 0 Å². The quantitative estimate of drug-likeness (QED) is 0.815. The van der Waals surface area contributed by atoms with E-state index in [1.807, 2.05) is 0 Å². The van der Waals surface area contributed by atoms with Gasteiger partial charge in [0.2, 0.25) is 0 Å². The molecule has 2 N–H and O–H groups in total. The number of anilines is 1. The summed E-state index contributed by atoms with van der Waals surface area (Å²) < 4.78 is 35.9. The SMILES string of the molecule is Cc1ncc(C(=O)O)c(NC(=O)C(F)(F)F)n1. The number of carbonyl (C=O) groups excluding carboxylic acids is 1. The number of halogens is 3. The van der Waals surface area contributed by atoms with Crippen molar-refractivity contribution in [1.82, 2.24) is 9.97 Å². The molecule has 17 heavy (non-hydrogen) atoms. The predicted molar refractivity (Wildman–Crippen MR) is 48.4 cm³/mol. The minimum absolute atomic E-state index is 0.0347. The molecule has 0 unspecified atom stereocenters. The van der Waals surface area contributed by atoms with Crippen LogP contribution in [0.3, 0.4) is 0 Å². The maximum atomic E-state index is 12.0. The van der Waals surface area contributed by atoms with E-state index in [0.29, 0.717) is 0 Å². The molecule has 0 bridgehead atoms. The number of carboxylic acid groups (broad SMARTS) is 1. The van der Waals surface area contributed by atoms with Crippen LogP contribution in [-0.2, 0) is 4.79 Å². The Labute approximate surface area is 92.5 Å². The number of nitrogens with zero attached hydrogens (tertiary/aromatic N) is 2. The fourth-order valence-electron chi connectivity index (χ4n) is 0.900. The first-order valence-electron chi connectivity index (χ1n) is 4.17. The van der Waals surface area contributed by atoms with E-state index in [9.17, 15) is 22.8 Å². The second-order valence-electron chi connectivity index (χ2n) is 2.94. The minimum atomic E-state index is -5.12. The normalized spacial score (nSPS) is 11.1. The molecule has 0 atom stereocenters. The predicted octanol–water partition coefficient (Wildman–Crippen LogP) is 0.984. The average molecular weight is 249 g/mol. The summed E-state index contributed by atoms with van der Waals surface area (Å²) in [6, 6.07) is 0. The van der Waals surface area contributed by atoms with Crippen LogP contribution in [-0.4, -0.2) is 33.1 Å². The van der Waals surface area contributed by atoms with Crippen molar-refractivity contribution < 1.29 is 27.9 Å². The monoisotopic (exact) mass is 249 g/mol. The molecule has 1 rings (SSSR count). The van der Waals surface area contributed by atoms with Crippen LogP contribution < -0.4 is 5.32 Å². The van der Waals surface area contributed by atoms with Gasteiger partial charge in [0.05, 0.1) is 0 Å². The lowest BCUT2D eigenvalue weighted by Gasteiger charge is -2.09. The molecule has 0 spiro atoms. The van der Waals surface area contributed by atoms with E-state index in [1.165, 1.54) is 12.2 Å². The number of amides is 1. The van der Waals surface area contributed by atoms with Gasteiger partial charge in [0.25, 0.3) is 0 Å². The number of hydrogen-bond donors (Lipinski definition) is 2. The van der Waals surface area contributed by atoms with Crippen LogP contribution in [0.15, 0.2) is 6.20 Å². The van der Waals surface area contributed by atoms with Crippen molar-refractivity contribution >= 4 is 17.7 Å². The first kappa shape index (κ1) is 12.9. The third-order valence-electron chi connectivity index (χ3n) is 1.63. The highest BCUT2D eigenvalue weighted by molar-refractivity contribution is 6.00. The third-order valence-corrected chi connectivity index (χ3v) is 1.63. The number of rotatable bonds is 2. The Kier molecular flexibility index (Phi) is 3.30. The molecule has 1 aromatic rings. The van der Waals surface area contributed by atoms with E-state index < -0.39 is 29.4 Å². The van der Waals surface area contributed by atoms with Gasteiger partial charge in [-0.05, 0) is 6.92 Å². The van der Waals surface area contributed by atoms with E-state index in [0.717, 1.165) is 6.20 Å². The maximum absolute atomic E-state index is 12.0. The van der Waals surface area contributed by atoms with Gasteiger partial charge in [-0.15, -0.1) is 0 Å². The van der Waals surface area contributed by atoms with E-state index in [-0.39, 0.29) is 5.82 Å². The fourth-order valence-corrected chi connectivity index (χ4v) is 0.900. The van der Waals surface area contributed by atoms with Crippen molar-refractivity contribution in [2.45, 2.75) is 13.1 Å². The Balaban J connectivity index is 3.09. The van der Waals surface area contributed by atoms with Gasteiger partial charge >= 0.3 is 18.1 Å². The summed E-state index contributed by atoms with van der Waals surface area (Å²) in [5.41, 5.74) is -0.617. The Hall–Kier alpha value is -2.19. The number of carbonyl (C=O) groups is 2. The molecule has 0 aromatic carbocycles. The van der Waals surface area contributed by atoms with Gasteiger partial charge in [0.15, 0.2) is 5.82 Å². The largest absolute Gasteiger partial charge is 0.477 e. The molecule has 6 nitrogen and oxygen atoms in total. The highest BCUT2D eigenvalue weighted by Crippen LogP contribution is 2.19. The number of nitrogens with one attached hydrogen (secondary N) is 1. The lowest BCUT2D eigenvalue weighted by atomic mass is 10.3. The molecular formula is C8H6F3N3O3. The summed E-state index contributed by atoms with van der Waals surface area (Å²) in [4.78, 5) is 28.2. The first-order chi connectivity index (χ1) is 7.71. The molecule has 0 saturated carbocycles. The van der Waals surface area contributed by atoms with Crippen molar-refractivity contribution in [2.75, 3.05) is 5.32 Å². The number of aryl methyl sites for hydroxylation is 1. The molecule has 0 radical (unpaired) electrons. The van der Waals surface area contributed by atoms with Crippen molar-refractivity contribution in [1.29, 1.82) is 0 Å². The Morgan fingerprint density at radius 3 is 2.47 bits per heavy atom. The smallest absolute Gasteiger partial charge is 0.471 e. The van der Waals surface area contributed by atoms with Crippen molar-refractivity contribution in [2.24, 2.45) is 0 Å². The lowest BCUT2D eigenvalue weighted by molar-refractivity contribution is -0.167. The Morgan fingerprint density at radius 1 is 1.41 bits per heavy atom. The average Bonchev–Trinajstić information content (AvgIpc) is 2.15. The van der Waals surface area contributed by atoms with E-state index in [1.54, 1.807) is 0 Å². The van der Waals surface area contributed by atoms with Crippen LogP contribution in [0.2, 0.25) is 0 Å². The summed E-state index contributed by atoms with van der Waals surface area (Å²) in [7, 11) is 0. The summed E-state index contributed by atoms with van der Waals surface area (Å²) in [6.45, 7) is 1.34. The van der Waals surface area contributed by atoms with Crippen LogP contribution in [0.4, 0.5) is 19.0 Å². The van der Waals surface area contributed by atoms with Crippen LogP contribution >= 0.6 is 0 Å². The highest BCUT2D eigenvalue weighted by atomic mass is 19.4. The first-order valence-corrected chi connectivity index (χ1v) is 4.17. The van der Waals surface area contributed by atoms with Crippen LogP contribution in [0.5, 0.6) is 0 Å². The summed E-state index contributed by atoms with van der Waals surface area (Å²) in [5, 5.41) is 10.0.